The summed E-state index contributed by atoms with van der Waals surface area (Å²) in [6.07, 6.45) is -1.78. The Kier molecular flexibility index (Phi) is 6.12. The summed E-state index contributed by atoms with van der Waals surface area (Å²) < 4.78 is 39.0. The number of carbonyl (C=O) groups excluding carboxylic acids is 2. The van der Waals surface area contributed by atoms with E-state index in [2.05, 4.69) is 10.3 Å². The van der Waals surface area contributed by atoms with E-state index in [0.717, 1.165) is 6.07 Å². The van der Waals surface area contributed by atoms with Gasteiger partial charge in [-0.15, -0.1) is 0 Å². The van der Waals surface area contributed by atoms with Gasteiger partial charge in [0.15, 0.2) is 0 Å². The maximum atomic E-state index is 13.0. The molecule has 1 aromatic heterocycles. The average Bonchev–Trinajstić information content (AvgIpc) is 2.66. The van der Waals surface area contributed by atoms with Gasteiger partial charge in [0.2, 0.25) is 11.8 Å². The number of hydrogen-bond donors (Lipinski definition) is 2. The number of pyridine rings is 1. The lowest BCUT2D eigenvalue weighted by molar-refractivity contribution is -0.137. The van der Waals surface area contributed by atoms with Crippen molar-refractivity contribution >= 4 is 23.4 Å². The van der Waals surface area contributed by atoms with E-state index >= 15 is 0 Å². The van der Waals surface area contributed by atoms with Gasteiger partial charge in [-0.3, -0.25) is 14.6 Å². The number of rotatable bonds is 5. The van der Waals surface area contributed by atoms with E-state index in [1.54, 1.807) is 18.3 Å². The molecule has 0 spiro atoms. The lowest BCUT2D eigenvalue weighted by Crippen LogP contribution is -2.33. The van der Waals surface area contributed by atoms with E-state index in [1.165, 1.54) is 12.1 Å². The molecule has 0 fully saturated rings. The Morgan fingerprint density at radius 3 is 2.66 bits per heavy atom. The molecule has 2 aromatic rings. The number of hydrogen-bond acceptors (Lipinski definition) is 3. The number of aromatic nitrogens is 1. The molecule has 154 valence electrons. The van der Waals surface area contributed by atoms with Crippen LogP contribution in [-0.4, -0.2) is 16.8 Å². The van der Waals surface area contributed by atoms with Crippen LogP contribution >= 0.6 is 11.6 Å². The number of nitrogens with zero attached hydrogens (tertiary/aromatic N) is 1. The molecule has 0 saturated heterocycles. The first-order valence-corrected chi connectivity index (χ1v) is 9.41. The molecular weight excluding hydrogens is 407 g/mol. The standard InChI is InChI=1S/C20H19ClF3N3O2/c21-17-12(3-1-5-15(17)20(22,23)24)10-27-19(29)14-7-6-11(9-16(25)28)18-13(14)4-2-8-26-18/h1-5,8,11,14H,6-7,9-10H2,(H2,25,28)(H,27,29). The van der Waals surface area contributed by atoms with Crippen molar-refractivity contribution in [2.24, 2.45) is 5.73 Å². The van der Waals surface area contributed by atoms with E-state index in [0.29, 0.717) is 24.1 Å². The zero-order valence-electron chi connectivity index (χ0n) is 15.3. The number of benzene rings is 1. The zero-order chi connectivity index (χ0) is 21.2. The minimum atomic E-state index is -4.57. The zero-order valence-corrected chi connectivity index (χ0v) is 16.1. The van der Waals surface area contributed by atoms with E-state index < -0.39 is 28.6 Å². The molecule has 0 saturated carbocycles. The van der Waals surface area contributed by atoms with Crippen molar-refractivity contribution < 1.29 is 22.8 Å². The van der Waals surface area contributed by atoms with Crippen LogP contribution in [0.25, 0.3) is 0 Å². The molecule has 1 aromatic carbocycles. The first-order valence-electron chi connectivity index (χ1n) is 9.04. The predicted octanol–water partition coefficient (Wildman–Crippen LogP) is 3.91. The van der Waals surface area contributed by atoms with Gasteiger partial charge in [-0.1, -0.05) is 29.8 Å². The largest absolute Gasteiger partial charge is 0.417 e. The third-order valence-corrected chi connectivity index (χ3v) is 5.48. The first kappa shape index (κ1) is 21.1. The highest BCUT2D eigenvalue weighted by atomic mass is 35.5. The van der Waals surface area contributed by atoms with E-state index in [9.17, 15) is 22.8 Å². The molecule has 5 nitrogen and oxygen atoms in total. The fourth-order valence-corrected chi connectivity index (χ4v) is 3.98. The summed E-state index contributed by atoms with van der Waals surface area (Å²) in [6, 6.07) is 7.07. The summed E-state index contributed by atoms with van der Waals surface area (Å²) in [7, 11) is 0. The molecule has 2 amide bonds. The van der Waals surface area contributed by atoms with Gasteiger partial charge >= 0.3 is 6.18 Å². The highest BCUT2D eigenvalue weighted by Gasteiger charge is 2.35. The molecule has 3 rings (SSSR count). The number of nitrogens with one attached hydrogen (secondary N) is 1. The molecule has 2 unspecified atom stereocenters. The summed E-state index contributed by atoms with van der Waals surface area (Å²) in [5.41, 5.74) is 5.92. The maximum Gasteiger partial charge on any atom is 0.417 e. The van der Waals surface area contributed by atoms with Crippen molar-refractivity contribution in [3.05, 3.63) is 63.9 Å². The molecule has 1 aliphatic rings. The number of fused-ring (bicyclic) bond motifs is 1. The van der Waals surface area contributed by atoms with Crippen LogP contribution in [0, 0.1) is 0 Å². The SMILES string of the molecule is NC(=O)CC1CCC(C(=O)NCc2cccc(C(F)(F)F)c2Cl)c2cccnc21. The van der Waals surface area contributed by atoms with Crippen LogP contribution in [0.3, 0.4) is 0 Å². The Morgan fingerprint density at radius 2 is 1.97 bits per heavy atom. The van der Waals surface area contributed by atoms with Crippen molar-refractivity contribution in [3.63, 3.8) is 0 Å². The minimum Gasteiger partial charge on any atom is -0.370 e. The molecule has 0 aliphatic heterocycles. The lowest BCUT2D eigenvalue weighted by atomic mass is 9.77. The van der Waals surface area contributed by atoms with E-state index in [-0.39, 0.29) is 30.4 Å². The number of primary amides is 1. The summed E-state index contributed by atoms with van der Waals surface area (Å²) in [6.45, 7) is -0.127. The van der Waals surface area contributed by atoms with Gasteiger partial charge in [-0.25, -0.2) is 0 Å². The summed E-state index contributed by atoms with van der Waals surface area (Å²) in [5.74, 6) is -1.42. The van der Waals surface area contributed by atoms with Crippen molar-refractivity contribution in [2.75, 3.05) is 0 Å². The number of nitrogens with two attached hydrogens (primary N) is 1. The molecule has 1 heterocycles. The predicted molar refractivity (Wildman–Crippen MR) is 101 cm³/mol. The molecule has 0 bridgehead atoms. The maximum absolute atomic E-state index is 13.0. The Labute approximate surface area is 170 Å². The Hall–Kier alpha value is -2.61. The van der Waals surface area contributed by atoms with Gasteiger partial charge in [0.25, 0.3) is 0 Å². The van der Waals surface area contributed by atoms with Gasteiger partial charge < -0.3 is 11.1 Å². The number of alkyl halides is 3. The van der Waals surface area contributed by atoms with Gasteiger partial charge in [-0.05, 0) is 36.1 Å². The topological polar surface area (TPSA) is 85.1 Å². The van der Waals surface area contributed by atoms with E-state index in [1.807, 2.05) is 0 Å². The van der Waals surface area contributed by atoms with Crippen LogP contribution in [0.1, 0.15) is 53.5 Å². The first-order chi connectivity index (χ1) is 13.7. The minimum absolute atomic E-state index is 0.127. The van der Waals surface area contributed by atoms with Crippen LogP contribution in [0.15, 0.2) is 36.5 Å². The smallest absolute Gasteiger partial charge is 0.370 e. The van der Waals surface area contributed by atoms with Crippen LogP contribution in [0.4, 0.5) is 13.2 Å². The Balaban J connectivity index is 1.76. The molecule has 1 aliphatic carbocycles. The summed E-state index contributed by atoms with van der Waals surface area (Å²) in [4.78, 5) is 28.4. The van der Waals surface area contributed by atoms with E-state index in [4.69, 9.17) is 17.3 Å². The Morgan fingerprint density at radius 1 is 1.21 bits per heavy atom. The molecule has 29 heavy (non-hydrogen) atoms. The van der Waals surface area contributed by atoms with Crippen LogP contribution in [0.5, 0.6) is 0 Å². The molecule has 0 radical (unpaired) electrons. The van der Waals surface area contributed by atoms with Crippen LogP contribution in [-0.2, 0) is 22.3 Å². The quantitative estimate of drug-likeness (QED) is 0.761. The van der Waals surface area contributed by atoms with Gasteiger partial charge in [0.1, 0.15) is 0 Å². The van der Waals surface area contributed by atoms with Crippen molar-refractivity contribution in [1.82, 2.24) is 10.3 Å². The van der Waals surface area contributed by atoms with Crippen molar-refractivity contribution in [1.29, 1.82) is 0 Å². The normalized spacial score (nSPS) is 18.8. The molecule has 2 atom stereocenters. The third-order valence-electron chi connectivity index (χ3n) is 5.04. The summed E-state index contributed by atoms with van der Waals surface area (Å²) in [5, 5.41) is 2.25. The van der Waals surface area contributed by atoms with Crippen LogP contribution < -0.4 is 11.1 Å². The monoisotopic (exact) mass is 425 g/mol. The van der Waals surface area contributed by atoms with Gasteiger partial charge in [0.05, 0.1) is 16.5 Å². The molecular formula is C20H19ClF3N3O2. The Bertz CT molecular complexity index is 933. The second-order valence-electron chi connectivity index (χ2n) is 6.97. The van der Waals surface area contributed by atoms with Crippen LogP contribution in [0.2, 0.25) is 5.02 Å². The fourth-order valence-electron chi connectivity index (χ4n) is 3.68. The van der Waals surface area contributed by atoms with Gasteiger partial charge in [0, 0.05) is 30.8 Å². The van der Waals surface area contributed by atoms with Gasteiger partial charge in [-0.2, -0.15) is 13.2 Å². The van der Waals surface area contributed by atoms with Crippen molar-refractivity contribution in [3.8, 4) is 0 Å². The molecule has 3 N–H and O–H groups in total. The fraction of sp³-hybridized carbons (Fsp3) is 0.350. The number of amides is 2. The number of carbonyl (C=O) groups is 2. The highest BCUT2D eigenvalue weighted by Crippen LogP contribution is 2.39. The second-order valence-corrected chi connectivity index (χ2v) is 7.35. The van der Waals surface area contributed by atoms with Crippen molar-refractivity contribution in [2.45, 2.75) is 43.8 Å². The number of halogens is 4. The summed E-state index contributed by atoms with van der Waals surface area (Å²) >= 11 is 5.89. The lowest BCUT2D eigenvalue weighted by Gasteiger charge is -2.29. The second kappa shape index (κ2) is 8.41. The highest BCUT2D eigenvalue weighted by molar-refractivity contribution is 6.32. The molecule has 9 heteroatoms. The average molecular weight is 426 g/mol. The third kappa shape index (κ3) is 4.70.